The van der Waals surface area contributed by atoms with E-state index in [9.17, 15) is 22.8 Å². The summed E-state index contributed by atoms with van der Waals surface area (Å²) < 4.78 is 38.0. The van der Waals surface area contributed by atoms with Gasteiger partial charge in [0.2, 0.25) is 5.91 Å². The van der Waals surface area contributed by atoms with E-state index in [1.54, 1.807) is 6.07 Å². The molecule has 1 saturated heterocycles. The van der Waals surface area contributed by atoms with Crippen LogP contribution in [0.3, 0.4) is 0 Å². The number of hydrogen-bond donors (Lipinski definition) is 1. The first-order valence-corrected chi connectivity index (χ1v) is 8.35. The lowest BCUT2D eigenvalue weighted by molar-refractivity contribution is -0.137. The second-order valence-electron chi connectivity index (χ2n) is 5.98. The quantitative estimate of drug-likeness (QED) is 0.832. The Kier molecular flexibility index (Phi) is 5.39. The summed E-state index contributed by atoms with van der Waals surface area (Å²) in [6.07, 6.45) is -3.82. The van der Waals surface area contributed by atoms with Gasteiger partial charge >= 0.3 is 6.18 Å². The number of benzene rings is 1. The Morgan fingerprint density at radius 3 is 2.57 bits per heavy atom. The maximum atomic E-state index is 12.7. The van der Waals surface area contributed by atoms with Crippen molar-refractivity contribution in [2.45, 2.75) is 43.5 Å². The van der Waals surface area contributed by atoms with Crippen LogP contribution in [0.1, 0.15) is 31.4 Å². The Morgan fingerprint density at radius 1 is 1.26 bits per heavy atom. The summed E-state index contributed by atoms with van der Waals surface area (Å²) in [5.41, 5.74) is -0.284. The summed E-state index contributed by atoms with van der Waals surface area (Å²) in [6.45, 7) is 3.92. The number of thioether (sulfide) groups is 1. The molecule has 0 saturated carbocycles. The summed E-state index contributed by atoms with van der Waals surface area (Å²) in [5.74, 6) is -0.0722. The van der Waals surface area contributed by atoms with E-state index in [1.165, 1.54) is 6.07 Å². The van der Waals surface area contributed by atoms with Gasteiger partial charge in [0.15, 0.2) is 5.78 Å². The van der Waals surface area contributed by atoms with E-state index < -0.39 is 23.0 Å². The third-order valence-electron chi connectivity index (χ3n) is 3.53. The predicted molar refractivity (Wildman–Crippen MR) is 82.9 cm³/mol. The number of carbonyl (C=O) groups is 2. The molecule has 1 amide bonds. The highest BCUT2D eigenvalue weighted by atomic mass is 32.2. The highest BCUT2D eigenvalue weighted by Crippen LogP contribution is 2.31. The van der Waals surface area contributed by atoms with Gasteiger partial charge in [0.25, 0.3) is 0 Å². The third-order valence-corrected chi connectivity index (χ3v) is 4.81. The molecule has 1 heterocycles. The van der Waals surface area contributed by atoms with E-state index in [0.717, 1.165) is 23.9 Å². The fourth-order valence-corrected chi connectivity index (χ4v) is 3.54. The molecule has 3 nitrogen and oxygen atoms in total. The van der Waals surface area contributed by atoms with E-state index in [4.69, 9.17) is 0 Å². The van der Waals surface area contributed by atoms with Crippen molar-refractivity contribution >= 4 is 23.5 Å². The minimum absolute atomic E-state index is 0.180. The lowest BCUT2D eigenvalue weighted by atomic mass is 10.0. The average Bonchev–Trinajstić information content (AvgIpc) is 2.70. The second kappa shape index (κ2) is 6.95. The number of carbonyl (C=O) groups excluding carboxylic acids is 2. The van der Waals surface area contributed by atoms with Crippen molar-refractivity contribution in [1.82, 2.24) is 5.32 Å². The van der Waals surface area contributed by atoms with Crippen LogP contribution in [0.5, 0.6) is 0 Å². The van der Waals surface area contributed by atoms with Gasteiger partial charge in [-0.3, -0.25) is 9.59 Å². The van der Waals surface area contributed by atoms with Crippen LogP contribution in [0.15, 0.2) is 24.3 Å². The van der Waals surface area contributed by atoms with Gasteiger partial charge in [-0.05, 0) is 24.0 Å². The van der Waals surface area contributed by atoms with Gasteiger partial charge < -0.3 is 5.32 Å². The first-order chi connectivity index (χ1) is 10.7. The van der Waals surface area contributed by atoms with Crippen molar-refractivity contribution in [3.8, 4) is 0 Å². The van der Waals surface area contributed by atoms with Crippen LogP contribution in [0.25, 0.3) is 0 Å². The molecule has 1 N–H and O–H groups in total. The standard InChI is InChI=1S/C16H18F3NO2S/c1-9(2)6-12-13(21)14(15(22)20-12)23-8-10-4-3-5-11(7-10)16(17,18)19/h3-5,7,9,12,14H,6,8H2,1-2H3,(H,20,22). The van der Waals surface area contributed by atoms with Gasteiger partial charge in [-0.1, -0.05) is 32.0 Å². The van der Waals surface area contributed by atoms with Crippen molar-refractivity contribution in [3.05, 3.63) is 35.4 Å². The molecular formula is C16H18F3NO2S. The van der Waals surface area contributed by atoms with Crippen molar-refractivity contribution in [2.24, 2.45) is 5.92 Å². The molecular weight excluding hydrogens is 327 g/mol. The van der Waals surface area contributed by atoms with Gasteiger partial charge in [0.05, 0.1) is 11.6 Å². The Bertz CT molecular complexity index is 601. The molecule has 23 heavy (non-hydrogen) atoms. The van der Waals surface area contributed by atoms with Gasteiger partial charge in [-0.15, -0.1) is 11.8 Å². The van der Waals surface area contributed by atoms with E-state index >= 15 is 0 Å². The number of rotatable bonds is 5. The zero-order valence-corrected chi connectivity index (χ0v) is 13.6. The summed E-state index contributed by atoms with van der Waals surface area (Å²) in [5, 5.41) is 1.83. The Labute approximate surface area is 137 Å². The molecule has 0 radical (unpaired) electrons. The summed E-state index contributed by atoms with van der Waals surface area (Å²) in [6, 6.07) is 4.46. The number of alkyl halides is 3. The number of ketones is 1. The van der Waals surface area contributed by atoms with E-state index in [0.29, 0.717) is 12.0 Å². The average molecular weight is 345 g/mol. The molecule has 7 heteroatoms. The van der Waals surface area contributed by atoms with Gasteiger partial charge in [0, 0.05) is 5.75 Å². The molecule has 1 aliphatic heterocycles. The molecule has 126 valence electrons. The maximum Gasteiger partial charge on any atom is 0.416 e. The fourth-order valence-electron chi connectivity index (χ4n) is 2.45. The molecule has 2 unspecified atom stereocenters. The Morgan fingerprint density at radius 2 is 1.96 bits per heavy atom. The molecule has 0 spiro atoms. The van der Waals surface area contributed by atoms with Gasteiger partial charge in [-0.25, -0.2) is 0 Å². The Hall–Kier alpha value is -1.50. The van der Waals surface area contributed by atoms with Crippen molar-refractivity contribution in [1.29, 1.82) is 0 Å². The first kappa shape index (κ1) is 17.8. The zero-order chi connectivity index (χ0) is 17.2. The molecule has 1 aromatic rings. The van der Waals surface area contributed by atoms with Crippen LogP contribution in [0.4, 0.5) is 13.2 Å². The number of Topliss-reactive ketones (excluding diaryl/α,β-unsaturated/α-hetero) is 1. The predicted octanol–water partition coefficient (Wildman–Crippen LogP) is 3.42. The van der Waals surface area contributed by atoms with Gasteiger partial charge in [0.1, 0.15) is 5.25 Å². The third kappa shape index (κ3) is 4.50. The van der Waals surface area contributed by atoms with E-state index in [2.05, 4.69) is 5.32 Å². The molecule has 0 aromatic heterocycles. The Balaban J connectivity index is 2.01. The fraction of sp³-hybridized carbons (Fsp3) is 0.500. The molecule has 2 rings (SSSR count). The smallest absolute Gasteiger partial charge is 0.345 e. The molecule has 0 aliphatic carbocycles. The largest absolute Gasteiger partial charge is 0.416 e. The molecule has 1 fully saturated rings. The summed E-state index contributed by atoms with van der Waals surface area (Å²) in [7, 11) is 0. The topological polar surface area (TPSA) is 46.2 Å². The van der Waals surface area contributed by atoms with E-state index in [1.807, 2.05) is 13.8 Å². The number of hydrogen-bond acceptors (Lipinski definition) is 3. The maximum absolute atomic E-state index is 12.7. The number of amides is 1. The van der Waals surface area contributed by atoms with Gasteiger partial charge in [-0.2, -0.15) is 13.2 Å². The van der Waals surface area contributed by atoms with Crippen LogP contribution in [0, 0.1) is 5.92 Å². The van der Waals surface area contributed by atoms with Crippen LogP contribution in [0.2, 0.25) is 0 Å². The van der Waals surface area contributed by atoms with Crippen molar-refractivity contribution in [2.75, 3.05) is 0 Å². The molecule has 2 atom stereocenters. The SMILES string of the molecule is CC(C)CC1NC(=O)C(SCc2cccc(C(F)(F)F)c2)C1=O. The highest BCUT2D eigenvalue weighted by Gasteiger charge is 2.41. The van der Waals surface area contributed by atoms with Crippen LogP contribution in [-0.2, 0) is 21.5 Å². The lowest BCUT2D eigenvalue weighted by Crippen LogP contribution is -2.30. The second-order valence-corrected chi connectivity index (χ2v) is 7.08. The lowest BCUT2D eigenvalue weighted by Gasteiger charge is -2.11. The van der Waals surface area contributed by atoms with E-state index in [-0.39, 0.29) is 23.4 Å². The highest BCUT2D eigenvalue weighted by molar-refractivity contribution is 8.00. The normalized spacial score (nSPS) is 21.8. The monoisotopic (exact) mass is 345 g/mol. The van der Waals surface area contributed by atoms with Crippen LogP contribution in [-0.4, -0.2) is 23.0 Å². The molecule has 1 aromatic carbocycles. The van der Waals surface area contributed by atoms with Crippen molar-refractivity contribution < 1.29 is 22.8 Å². The zero-order valence-electron chi connectivity index (χ0n) is 12.8. The van der Waals surface area contributed by atoms with Crippen molar-refractivity contribution in [3.63, 3.8) is 0 Å². The molecule has 1 aliphatic rings. The number of halogens is 3. The summed E-state index contributed by atoms with van der Waals surface area (Å²) >= 11 is 1.07. The minimum atomic E-state index is -4.40. The minimum Gasteiger partial charge on any atom is -0.345 e. The number of nitrogens with one attached hydrogen (secondary N) is 1. The van der Waals surface area contributed by atoms with Crippen LogP contribution >= 0.6 is 11.8 Å². The first-order valence-electron chi connectivity index (χ1n) is 7.30. The molecule has 0 bridgehead atoms. The summed E-state index contributed by atoms with van der Waals surface area (Å²) in [4.78, 5) is 24.1. The van der Waals surface area contributed by atoms with Crippen LogP contribution < -0.4 is 5.32 Å².